The SMILES string of the molecule is Cc1ccc2nc(NC3CCN(Cc4ccccc4)CC3)c(Sc3ccccc3)c(Cl)c2c1. The molecule has 1 saturated heterocycles. The molecule has 2 heterocycles. The molecule has 3 nitrogen and oxygen atoms in total. The molecular weight excluding hydrogens is 446 g/mol. The summed E-state index contributed by atoms with van der Waals surface area (Å²) >= 11 is 8.68. The first-order valence-corrected chi connectivity index (χ1v) is 12.7. The molecule has 5 rings (SSSR count). The van der Waals surface area contributed by atoms with Crippen LogP contribution in [0.2, 0.25) is 5.02 Å². The van der Waals surface area contributed by atoms with Crippen LogP contribution in [0.1, 0.15) is 24.0 Å². The van der Waals surface area contributed by atoms with E-state index in [-0.39, 0.29) is 0 Å². The van der Waals surface area contributed by atoms with Crippen LogP contribution < -0.4 is 5.32 Å². The molecule has 0 atom stereocenters. The quantitative estimate of drug-likeness (QED) is 0.315. The molecule has 1 aliphatic rings. The van der Waals surface area contributed by atoms with Crippen LogP contribution in [0.15, 0.2) is 88.7 Å². The Morgan fingerprint density at radius 3 is 2.39 bits per heavy atom. The molecule has 168 valence electrons. The van der Waals surface area contributed by atoms with Crippen molar-refractivity contribution < 1.29 is 0 Å². The maximum atomic E-state index is 6.99. The van der Waals surface area contributed by atoms with E-state index in [1.807, 2.05) is 6.07 Å². The third-order valence-electron chi connectivity index (χ3n) is 6.18. The number of anilines is 1. The molecule has 0 spiro atoms. The zero-order valence-corrected chi connectivity index (χ0v) is 20.4. The molecule has 0 bridgehead atoms. The number of aryl methyl sites for hydroxylation is 1. The van der Waals surface area contributed by atoms with Gasteiger partial charge in [-0.1, -0.05) is 83.5 Å². The highest BCUT2D eigenvalue weighted by Gasteiger charge is 2.22. The fourth-order valence-corrected chi connectivity index (χ4v) is 5.67. The van der Waals surface area contributed by atoms with Gasteiger partial charge in [-0.3, -0.25) is 4.90 Å². The van der Waals surface area contributed by atoms with Gasteiger partial charge in [0.1, 0.15) is 5.82 Å². The summed E-state index contributed by atoms with van der Waals surface area (Å²) < 4.78 is 0. The van der Waals surface area contributed by atoms with Crippen molar-refractivity contribution >= 4 is 40.1 Å². The monoisotopic (exact) mass is 473 g/mol. The van der Waals surface area contributed by atoms with Crippen molar-refractivity contribution in [3.05, 3.63) is 95.0 Å². The Morgan fingerprint density at radius 1 is 0.970 bits per heavy atom. The molecule has 0 aliphatic carbocycles. The van der Waals surface area contributed by atoms with Crippen LogP contribution in [0.4, 0.5) is 5.82 Å². The number of aromatic nitrogens is 1. The van der Waals surface area contributed by atoms with Gasteiger partial charge in [0, 0.05) is 36.0 Å². The summed E-state index contributed by atoms with van der Waals surface area (Å²) in [5, 5.41) is 5.55. The molecule has 3 aromatic carbocycles. The van der Waals surface area contributed by atoms with Gasteiger partial charge in [-0.15, -0.1) is 0 Å². The van der Waals surface area contributed by atoms with Crippen molar-refractivity contribution in [3.8, 4) is 0 Å². The van der Waals surface area contributed by atoms with Crippen LogP contribution in [0.3, 0.4) is 0 Å². The van der Waals surface area contributed by atoms with Crippen molar-refractivity contribution in [1.29, 1.82) is 0 Å². The first-order chi connectivity index (χ1) is 16.2. The number of fused-ring (bicyclic) bond motifs is 1. The summed E-state index contributed by atoms with van der Waals surface area (Å²) in [5.41, 5.74) is 3.50. The van der Waals surface area contributed by atoms with Gasteiger partial charge in [-0.2, -0.15) is 0 Å². The number of nitrogens with zero attached hydrogens (tertiary/aromatic N) is 2. The van der Waals surface area contributed by atoms with Crippen molar-refractivity contribution in [2.75, 3.05) is 18.4 Å². The van der Waals surface area contributed by atoms with Gasteiger partial charge in [0.15, 0.2) is 0 Å². The van der Waals surface area contributed by atoms with Crippen molar-refractivity contribution in [3.63, 3.8) is 0 Å². The highest BCUT2D eigenvalue weighted by atomic mass is 35.5. The Hall–Kier alpha value is -2.53. The summed E-state index contributed by atoms with van der Waals surface area (Å²) in [6, 6.07) is 27.8. The molecule has 4 aromatic rings. The number of likely N-dealkylation sites (tertiary alicyclic amines) is 1. The van der Waals surface area contributed by atoms with E-state index in [0.717, 1.165) is 64.0 Å². The summed E-state index contributed by atoms with van der Waals surface area (Å²) in [6.45, 7) is 5.26. The van der Waals surface area contributed by atoms with E-state index in [4.69, 9.17) is 16.6 Å². The van der Waals surface area contributed by atoms with E-state index in [1.54, 1.807) is 11.8 Å². The third-order valence-corrected chi connectivity index (χ3v) is 7.79. The number of hydrogen-bond acceptors (Lipinski definition) is 4. The molecule has 1 N–H and O–H groups in total. The fraction of sp³-hybridized carbons (Fsp3) is 0.250. The second-order valence-electron chi connectivity index (χ2n) is 8.72. The number of hydrogen-bond donors (Lipinski definition) is 1. The molecule has 1 aliphatic heterocycles. The van der Waals surface area contributed by atoms with Gasteiger partial charge < -0.3 is 5.32 Å². The highest BCUT2D eigenvalue weighted by Crippen LogP contribution is 2.42. The number of nitrogens with one attached hydrogen (secondary N) is 1. The van der Waals surface area contributed by atoms with Crippen molar-refractivity contribution in [2.45, 2.75) is 42.1 Å². The number of halogens is 1. The van der Waals surface area contributed by atoms with E-state index < -0.39 is 0 Å². The average molecular weight is 474 g/mol. The normalized spacial score (nSPS) is 15.1. The second-order valence-corrected chi connectivity index (χ2v) is 10.2. The van der Waals surface area contributed by atoms with Crippen LogP contribution in [0.25, 0.3) is 10.9 Å². The summed E-state index contributed by atoms with van der Waals surface area (Å²) in [4.78, 5) is 9.73. The molecule has 1 aromatic heterocycles. The van der Waals surface area contributed by atoms with E-state index in [1.165, 1.54) is 11.1 Å². The van der Waals surface area contributed by atoms with Crippen LogP contribution in [0.5, 0.6) is 0 Å². The number of piperidine rings is 1. The standard InChI is InChI=1S/C28H28ClN3S/c1-20-12-13-25-24(18-20)26(29)27(33-23-10-6-3-7-11-23)28(31-25)30-22-14-16-32(17-15-22)19-21-8-4-2-5-9-21/h2-13,18,22H,14-17,19H2,1H3,(H,30,31). The van der Waals surface area contributed by atoms with Gasteiger partial charge in [-0.25, -0.2) is 4.98 Å². The van der Waals surface area contributed by atoms with E-state index >= 15 is 0 Å². The Labute approximate surface area is 205 Å². The van der Waals surface area contributed by atoms with Gasteiger partial charge in [0.2, 0.25) is 0 Å². The summed E-state index contributed by atoms with van der Waals surface area (Å²) in [6.07, 6.45) is 2.18. The maximum Gasteiger partial charge on any atom is 0.142 e. The lowest BCUT2D eigenvalue weighted by Crippen LogP contribution is -2.38. The van der Waals surface area contributed by atoms with E-state index in [2.05, 4.69) is 89.9 Å². The van der Waals surface area contributed by atoms with E-state index in [0.29, 0.717) is 6.04 Å². The third kappa shape index (κ3) is 5.35. The fourth-order valence-electron chi connectivity index (χ4n) is 4.39. The largest absolute Gasteiger partial charge is 0.366 e. The minimum absolute atomic E-state index is 0.388. The molecule has 0 amide bonds. The molecular formula is C28H28ClN3S. The Bertz CT molecular complexity index is 1220. The first-order valence-electron chi connectivity index (χ1n) is 11.5. The van der Waals surface area contributed by atoms with Crippen LogP contribution >= 0.6 is 23.4 Å². The predicted molar refractivity (Wildman–Crippen MR) is 140 cm³/mol. The van der Waals surface area contributed by atoms with Gasteiger partial charge >= 0.3 is 0 Å². The second kappa shape index (κ2) is 10.2. The lowest BCUT2D eigenvalue weighted by molar-refractivity contribution is 0.211. The first kappa shape index (κ1) is 22.3. The lowest BCUT2D eigenvalue weighted by Gasteiger charge is -2.33. The Morgan fingerprint density at radius 2 is 1.67 bits per heavy atom. The topological polar surface area (TPSA) is 28.2 Å². The minimum atomic E-state index is 0.388. The average Bonchev–Trinajstić information content (AvgIpc) is 2.85. The zero-order chi connectivity index (χ0) is 22.6. The lowest BCUT2D eigenvalue weighted by atomic mass is 10.0. The minimum Gasteiger partial charge on any atom is -0.366 e. The molecule has 5 heteroatoms. The van der Waals surface area contributed by atoms with Crippen LogP contribution in [0, 0.1) is 6.92 Å². The van der Waals surface area contributed by atoms with Crippen molar-refractivity contribution in [2.24, 2.45) is 0 Å². The molecule has 0 unspecified atom stereocenters. The van der Waals surface area contributed by atoms with Crippen molar-refractivity contribution in [1.82, 2.24) is 9.88 Å². The zero-order valence-electron chi connectivity index (χ0n) is 18.8. The van der Waals surface area contributed by atoms with Gasteiger partial charge in [0.25, 0.3) is 0 Å². The molecule has 1 fully saturated rings. The summed E-state index contributed by atoms with van der Waals surface area (Å²) in [7, 11) is 0. The molecule has 0 radical (unpaired) electrons. The van der Waals surface area contributed by atoms with Gasteiger partial charge in [-0.05, 0) is 49.6 Å². The number of pyridine rings is 1. The number of rotatable bonds is 6. The Kier molecular flexibility index (Phi) is 6.86. The number of benzene rings is 3. The molecule has 0 saturated carbocycles. The summed E-state index contributed by atoms with van der Waals surface area (Å²) in [5.74, 6) is 0.895. The smallest absolute Gasteiger partial charge is 0.142 e. The predicted octanol–water partition coefficient (Wildman–Crippen LogP) is 7.42. The van der Waals surface area contributed by atoms with Crippen LogP contribution in [-0.2, 0) is 6.54 Å². The molecule has 33 heavy (non-hydrogen) atoms. The van der Waals surface area contributed by atoms with Gasteiger partial charge in [0.05, 0.1) is 15.4 Å². The highest BCUT2D eigenvalue weighted by molar-refractivity contribution is 7.99. The van der Waals surface area contributed by atoms with E-state index in [9.17, 15) is 0 Å². The maximum absolute atomic E-state index is 6.99. The Balaban J connectivity index is 1.37. The van der Waals surface area contributed by atoms with Crippen LogP contribution in [-0.4, -0.2) is 29.0 Å².